The summed E-state index contributed by atoms with van der Waals surface area (Å²) in [4.78, 5) is 13.3. The third-order valence-electron chi connectivity index (χ3n) is 5.84. The smallest absolute Gasteiger partial charge is 0.243 e. The van der Waals surface area contributed by atoms with Gasteiger partial charge in [-0.1, -0.05) is 23.8 Å². The van der Waals surface area contributed by atoms with Gasteiger partial charge < -0.3 is 14.8 Å². The van der Waals surface area contributed by atoms with E-state index in [2.05, 4.69) is 5.32 Å². The highest BCUT2D eigenvalue weighted by molar-refractivity contribution is 7.89. The molecule has 180 valence electrons. The average molecular weight is 475 g/mol. The van der Waals surface area contributed by atoms with E-state index in [-0.39, 0.29) is 23.4 Å². The minimum atomic E-state index is -3.63. The second kappa shape index (κ2) is 11.0. The fourth-order valence-electron chi connectivity index (χ4n) is 3.99. The number of rotatable bonds is 9. The second-order valence-electron chi connectivity index (χ2n) is 8.32. The zero-order valence-electron chi connectivity index (χ0n) is 19.8. The summed E-state index contributed by atoms with van der Waals surface area (Å²) in [5, 5.41) is 3.05. The van der Waals surface area contributed by atoms with Gasteiger partial charge in [-0.3, -0.25) is 4.79 Å². The highest BCUT2D eigenvalue weighted by atomic mass is 32.2. The van der Waals surface area contributed by atoms with E-state index in [0.717, 1.165) is 11.1 Å². The van der Waals surface area contributed by atoms with Crippen molar-refractivity contribution in [2.24, 2.45) is 5.92 Å². The summed E-state index contributed by atoms with van der Waals surface area (Å²) >= 11 is 0. The number of amides is 1. The van der Waals surface area contributed by atoms with Crippen molar-refractivity contribution in [1.82, 2.24) is 9.62 Å². The number of nitrogens with one attached hydrogen (secondary N) is 1. The molecule has 3 rings (SSSR count). The van der Waals surface area contributed by atoms with E-state index in [0.29, 0.717) is 44.1 Å². The number of sulfonamides is 1. The molecule has 1 aliphatic heterocycles. The molecule has 2 aromatic carbocycles. The van der Waals surface area contributed by atoms with Gasteiger partial charge in [0.05, 0.1) is 30.1 Å². The molecule has 0 bridgehead atoms. The van der Waals surface area contributed by atoms with E-state index in [9.17, 15) is 13.2 Å². The molecule has 8 heteroatoms. The number of hydrogen-bond acceptors (Lipinski definition) is 5. The topological polar surface area (TPSA) is 84.9 Å². The number of piperidine rings is 1. The van der Waals surface area contributed by atoms with Crippen LogP contribution in [0.15, 0.2) is 47.4 Å². The lowest BCUT2D eigenvalue weighted by Gasteiger charge is -2.32. The molecule has 0 aromatic heterocycles. The number of carbonyl (C=O) groups is 1. The highest BCUT2D eigenvalue weighted by Crippen LogP contribution is 2.31. The molecule has 0 radical (unpaired) electrons. The largest absolute Gasteiger partial charge is 0.490 e. The molecule has 0 unspecified atom stereocenters. The Balaban J connectivity index is 1.68. The Labute approximate surface area is 197 Å². The summed E-state index contributed by atoms with van der Waals surface area (Å²) in [6.07, 6.45) is 1.31. The number of carbonyl (C=O) groups excluding carboxylic acids is 1. The zero-order valence-corrected chi connectivity index (χ0v) is 20.7. The number of ether oxygens (including phenoxy) is 2. The first-order chi connectivity index (χ1) is 15.8. The highest BCUT2D eigenvalue weighted by Gasteiger charge is 2.33. The van der Waals surface area contributed by atoms with Gasteiger partial charge in [0.25, 0.3) is 0 Å². The Morgan fingerprint density at radius 1 is 1.09 bits per heavy atom. The monoisotopic (exact) mass is 474 g/mol. The molecule has 1 N–H and O–H groups in total. The van der Waals surface area contributed by atoms with Crippen molar-refractivity contribution >= 4 is 15.9 Å². The van der Waals surface area contributed by atoms with Crippen LogP contribution in [-0.4, -0.2) is 44.9 Å². The Morgan fingerprint density at radius 3 is 2.42 bits per heavy atom. The molecule has 7 nitrogen and oxygen atoms in total. The van der Waals surface area contributed by atoms with E-state index in [1.165, 1.54) is 4.31 Å². The molecular weight excluding hydrogens is 440 g/mol. The summed E-state index contributed by atoms with van der Waals surface area (Å²) in [5.41, 5.74) is 1.90. The Hall–Kier alpha value is -2.58. The summed E-state index contributed by atoms with van der Waals surface area (Å²) in [5.74, 6) is 0.783. The maximum Gasteiger partial charge on any atom is 0.243 e. The number of aryl methyl sites for hydroxylation is 1. The fraction of sp³-hybridized carbons (Fsp3) is 0.480. The third-order valence-corrected chi connectivity index (χ3v) is 7.72. The van der Waals surface area contributed by atoms with Crippen molar-refractivity contribution in [3.63, 3.8) is 0 Å². The molecule has 0 aliphatic carbocycles. The summed E-state index contributed by atoms with van der Waals surface area (Å²) in [7, 11) is -3.63. The molecule has 2 aromatic rings. The number of nitrogens with zero attached hydrogens (tertiary/aromatic N) is 1. The molecule has 2 atom stereocenters. The molecule has 1 fully saturated rings. The van der Waals surface area contributed by atoms with Crippen molar-refractivity contribution < 1.29 is 22.7 Å². The van der Waals surface area contributed by atoms with Gasteiger partial charge >= 0.3 is 0 Å². The van der Waals surface area contributed by atoms with Crippen LogP contribution in [0.2, 0.25) is 0 Å². The fourth-order valence-corrected chi connectivity index (χ4v) is 5.51. The molecule has 1 amide bonds. The minimum absolute atomic E-state index is 0.141. The van der Waals surface area contributed by atoms with Crippen molar-refractivity contribution in [3.8, 4) is 11.5 Å². The first kappa shape index (κ1) is 25.1. The van der Waals surface area contributed by atoms with Crippen LogP contribution in [0, 0.1) is 12.8 Å². The van der Waals surface area contributed by atoms with Crippen LogP contribution < -0.4 is 14.8 Å². The van der Waals surface area contributed by atoms with E-state index < -0.39 is 15.9 Å². The molecule has 1 aliphatic rings. The van der Waals surface area contributed by atoms with Crippen molar-refractivity contribution in [1.29, 1.82) is 0 Å². The Kier molecular flexibility index (Phi) is 8.37. The Bertz CT molecular complexity index is 1050. The van der Waals surface area contributed by atoms with E-state index in [1.54, 1.807) is 24.3 Å². The lowest BCUT2D eigenvalue weighted by molar-refractivity contribution is -0.126. The molecule has 0 spiro atoms. The molecule has 33 heavy (non-hydrogen) atoms. The standard InChI is InChI=1S/C25H34N2O5S/c1-5-31-23-14-11-20(16-24(23)32-6-2)19(4)26-25(28)21-8-7-15-27(17-21)33(29,30)22-12-9-18(3)10-13-22/h9-14,16,19,21H,5-8,15,17H2,1-4H3,(H,26,28)/t19-,21-/m1/s1. The first-order valence-corrected chi connectivity index (χ1v) is 13.0. The van der Waals surface area contributed by atoms with Gasteiger partial charge in [0.1, 0.15) is 0 Å². The van der Waals surface area contributed by atoms with Gasteiger partial charge in [-0.25, -0.2) is 8.42 Å². The average Bonchev–Trinajstić information content (AvgIpc) is 2.81. The van der Waals surface area contributed by atoms with Crippen molar-refractivity contribution in [3.05, 3.63) is 53.6 Å². The van der Waals surface area contributed by atoms with Gasteiger partial charge in [0, 0.05) is 13.1 Å². The van der Waals surface area contributed by atoms with Crippen LogP contribution in [0.1, 0.15) is 50.8 Å². The van der Waals surface area contributed by atoms with Crippen molar-refractivity contribution in [2.75, 3.05) is 26.3 Å². The third kappa shape index (κ3) is 6.06. The van der Waals surface area contributed by atoms with E-state index in [4.69, 9.17) is 9.47 Å². The maximum absolute atomic E-state index is 13.1. The SMILES string of the molecule is CCOc1ccc([C@@H](C)NC(=O)[C@@H]2CCCN(S(=O)(=O)c3ccc(C)cc3)C2)cc1OCC. The predicted octanol–water partition coefficient (Wildman–Crippen LogP) is 4.07. The molecule has 1 saturated heterocycles. The predicted molar refractivity (Wildman–Crippen MR) is 128 cm³/mol. The van der Waals surface area contributed by atoms with Gasteiger partial charge in [0.2, 0.25) is 15.9 Å². The van der Waals surface area contributed by atoms with Crippen molar-refractivity contribution in [2.45, 2.75) is 51.5 Å². The summed E-state index contributed by atoms with van der Waals surface area (Å²) in [6.45, 7) is 9.31. The van der Waals surface area contributed by atoms with Crippen LogP contribution in [-0.2, 0) is 14.8 Å². The van der Waals surface area contributed by atoms with Crippen LogP contribution >= 0.6 is 0 Å². The summed E-state index contributed by atoms with van der Waals surface area (Å²) < 4.78 is 38.9. The van der Waals surface area contributed by atoms with Gasteiger partial charge in [0.15, 0.2) is 11.5 Å². The van der Waals surface area contributed by atoms with Crippen LogP contribution in [0.5, 0.6) is 11.5 Å². The maximum atomic E-state index is 13.1. The minimum Gasteiger partial charge on any atom is -0.490 e. The van der Waals surface area contributed by atoms with Gasteiger partial charge in [-0.2, -0.15) is 4.31 Å². The summed E-state index contributed by atoms with van der Waals surface area (Å²) in [6, 6.07) is 12.2. The normalized spacial score (nSPS) is 17.9. The van der Waals surface area contributed by atoms with Crippen LogP contribution in [0.25, 0.3) is 0 Å². The molecular formula is C25H34N2O5S. The number of benzene rings is 2. The van der Waals surface area contributed by atoms with Gasteiger partial charge in [-0.05, 0) is 70.4 Å². The first-order valence-electron chi connectivity index (χ1n) is 11.5. The van der Waals surface area contributed by atoms with Crippen LogP contribution in [0.4, 0.5) is 0 Å². The van der Waals surface area contributed by atoms with E-state index >= 15 is 0 Å². The molecule has 1 heterocycles. The van der Waals surface area contributed by atoms with Crippen LogP contribution in [0.3, 0.4) is 0 Å². The van der Waals surface area contributed by atoms with E-state index in [1.807, 2.05) is 45.9 Å². The number of hydrogen-bond donors (Lipinski definition) is 1. The molecule has 0 saturated carbocycles. The zero-order chi connectivity index (χ0) is 24.0. The van der Waals surface area contributed by atoms with Gasteiger partial charge in [-0.15, -0.1) is 0 Å². The lowest BCUT2D eigenvalue weighted by atomic mass is 9.98. The second-order valence-corrected chi connectivity index (χ2v) is 10.3. The Morgan fingerprint density at radius 2 is 1.76 bits per heavy atom. The quantitative estimate of drug-likeness (QED) is 0.592. The lowest BCUT2D eigenvalue weighted by Crippen LogP contribution is -2.45.